The quantitative estimate of drug-likeness (QED) is 0.225. The standard InChI is InChI=1S/C26H22BrNO4/c27-21-10-9-20(24(12-21)30-16-29-15-18-5-2-1-3-6-18)14-28-23-8-4-7-19-11-25-26(13-22(19)23)32-17-31-25/h1-13,28H,14-17H2. The van der Waals surface area contributed by atoms with Gasteiger partial charge in [-0.3, -0.25) is 0 Å². The van der Waals surface area contributed by atoms with Crippen molar-refractivity contribution in [3.8, 4) is 17.2 Å². The van der Waals surface area contributed by atoms with Crippen molar-refractivity contribution in [2.45, 2.75) is 13.2 Å². The van der Waals surface area contributed by atoms with Crippen LogP contribution in [0.25, 0.3) is 10.8 Å². The summed E-state index contributed by atoms with van der Waals surface area (Å²) in [6.07, 6.45) is 0. The van der Waals surface area contributed by atoms with Gasteiger partial charge in [0.15, 0.2) is 18.3 Å². The van der Waals surface area contributed by atoms with Crippen LogP contribution in [0.4, 0.5) is 5.69 Å². The van der Waals surface area contributed by atoms with E-state index in [0.29, 0.717) is 13.2 Å². The van der Waals surface area contributed by atoms with Crippen LogP contribution in [0.1, 0.15) is 11.1 Å². The SMILES string of the molecule is Brc1ccc(CNc2cccc3cc4c(cc23)OCO4)c(OCOCc2ccccc2)c1. The number of hydrogen-bond donors (Lipinski definition) is 1. The number of halogens is 1. The summed E-state index contributed by atoms with van der Waals surface area (Å²) in [6, 6.07) is 26.3. The van der Waals surface area contributed by atoms with Crippen molar-refractivity contribution in [1.82, 2.24) is 0 Å². The van der Waals surface area contributed by atoms with E-state index in [1.807, 2.05) is 66.7 Å². The Labute approximate surface area is 195 Å². The topological polar surface area (TPSA) is 49.0 Å². The summed E-state index contributed by atoms with van der Waals surface area (Å²) in [5, 5.41) is 5.72. The Kier molecular flexibility index (Phi) is 6.14. The zero-order valence-electron chi connectivity index (χ0n) is 17.3. The Morgan fingerprint density at radius 2 is 1.72 bits per heavy atom. The van der Waals surface area contributed by atoms with Crippen LogP contribution in [0.15, 0.2) is 83.3 Å². The molecule has 0 bridgehead atoms. The normalized spacial score (nSPS) is 12.2. The van der Waals surface area contributed by atoms with E-state index in [1.54, 1.807) is 0 Å². The number of hydrogen-bond acceptors (Lipinski definition) is 5. The number of rotatable bonds is 8. The van der Waals surface area contributed by atoms with Gasteiger partial charge in [-0.05, 0) is 41.3 Å². The van der Waals surface area contributed by atoms with E-state index in [1.165, 1.54) is 0 Å². The minimum Gasteiger partial charge on any atom is -0.467 e. The Balaban J connectivity index is 1.27. The highest BCUT2D eigenvalue weighted by Gasteiger charge is 2.15. The number of ether oxygens (including phenoxy) is 4. The molecule has 0 saturated carbocycles. The van der Waals surface area contributed by atoms with Crippen LogP contribution >= 0.6 is 15.9 Å². The number of fused-ring (bicyclic) bond motifs is 2. The van der Waals surface area contributed by atoms with Gasteiger partial charge in [0.2, 0.25) is 6.79 Å². The number of benzene rings is 4. The molecular formula is C26H22BrNO4. The van der Waals surface area contributed by atoms with Crippen LogP contribution in [0.3, 0.4) is 0 Å². The Bertz CT molecular complexity index is 1230. The minimum absolute atomic E-state index is 0.177. The van der Waals surface area contributed by atoms with Gasteiger partial charge in [-0.2, -0.15) is 0 Å². The summed E-state index contributed by atoms with van der Waals surface area (Å²) in [5.74, 6) is 2.33. The predicted octanol–water partition coefficient (Wildman–Crippen LogP) is 6.50. The van der Waals surface area contributed by atoms with E-state index in [2.05, 4.69) is 33.4 Å². The van der Waals surface area contributed by atoms with Crippen LogP contribution in [0.2, 0.25) is 0 Å². The largest absolute Gasteiger partial charge is 0.467 e. The lowest BCUT2D eigenvalue weighted by atomic mass is 10.1. The van der Waals surface area contributed by atoms with Crippen LogP contribution in [-0.4, -0.2) is 13.6 Å². The highest BCUT2D eigenvalue weighted by molar-refractivity contribution is 9.10. The number of nitrogens with one attached hydrogen (secondary N) is 1. The molecule has 4 aromatic rings. The van der Waals surface area contributed by atoms with E-state index >= 15 is 0 Å². The van der Waals surface area contributed by atoms with Gasteiger partial charge < -0.3 is 24.3 Å². The van der Waals surface area contributed by atoms with Gasteiger partial charge in [0.1, 0.15) is 5.75 Å². The zero-order chi connectivity index (χ0) is 21.8. The fourth-order valence-electron chi connectivity index (χ4n) is 3.66. The zero-order valence-corrected chi connectivity index (χ0v) is 18.9. The maximum absolute atomic E-state index is 5.95. The maximum atomic E-state index is 5.95. The molecule has 0 saturated heterocycles. The molecule has 0 atom stereocenters. The van der Waals surface area contributed by atoms with Crippen LogP contribution in [0.5, 0.6) is 17.2 Å². The molecule has 1 aliphatic rings. The van der Waals surface area contributed by atoms with Crippen molar-refractivity contribution >= 4 is 32.4 Å². The highest BCUT2D eigenvalue weighted by atomic mass is 79.9. The molecule has 0 radical (unpaired) electrons. The predicted molar refractivity (Wildman–Crippen MR) is 128 cm³/mol. The smallest absolute Gasteiger partial charge is 0.231 e. The van der Waals surface area contributed by atoms with Crippen molar-refractivity contribution in [2.75, 3.05) is 18.9 Å². The molecule has 0 spiro atoms. The van der Waals surface area contributed by atoms with Gasteiger partial charge in [-0.1, -0.05) is 64.5 Å². The van der Waals surface area contributed by atoms with Gasteiger partial charge in [-0.25, -0.2) is 0 Å². The Morgan fingerprint density at radius 1 is 0.875 bits per heavy atom. The average molecular weight is 492 g/mol. The fourth-order valence-corrected chi connectivity index (χ4v) is 4.00. The van der Waals surface area contributed by atoms with Gasteiger partial charge in [-0.15, -0.1) is 0 Å². The fraction of sp³-hybridized carbons (Fsp3) is 0.154. The summed E-state index contributed by atoms with van der Waals surface area (Å²) >= 11 is 3.53. The Hall–Kier alpha value is -3.22. The first-order valence-electron chi connectivity index (χ1n) is 10.4. The minimum atomic E-state index is 0.177. The second-order valence-electron chi connectivity index (χ2n) is 7.43. The third kappa shape index (κ3) is 4.66. The van der Waals surface area contributed by atoms with Crippen LogP contribution < -0.4 is 19.5 Å². The first-order chi connectivity index (χ1) is 15.8. The lowest BCUT2D eigenvalue weighted by molar-refractivity contribution is 0.00455. The van der Waals surface area contributed by atoms with Crippen molar-refractivity contribution in [3.05, 3.63) is 94.5 Å². The van der Waals surface area contributed by atoms with Gasteiger partial charge in [0, 0.05) is 27.7 Å². The lowest BCUT2D eigenvalue weighted by Gasteiger charge is -2.15. The van der Waals surface area contributed by atoms with Crippen LogP contribution in [-0.2, 0) is 17.9 Å². The second kappa shape index (κ2) is 9.51. The first-order valence-corrected chi connectivity index (χ1v) is 11.1. The summed E-state index contributed by atoms with van der Waals surface area (Å²) < 4.78 is 23.7. The van der Waals surface area contributed by atoms with Crippen molar-refractivity contribution in [2.24, 2.45) is 0 Å². The molecule has 0 fully saturated rings. The van der Waals surface area contributed by atoms with E-state index < -0.39 is 0 Å². The summed E-state index contributed by atoms with van der Waals surface area (Å²) in [7, 11) is 0. The monoisotopic (exact) mass is 491 g/mol. The second-order valence-corrected chi connectivity index (χ2v) is 8.35. The van der Waals surface area contributed by atoms with Gasteiger partial charge >= 0.3 is 0 Å². The average Bonchev–Trinajstić information content (AvgIpc) is 3.28. The Morgan fingerprint density at radius 3 is 2.59 bits per heavy atom. The van der Waals surface area contributed by atoms with Crippen molar-refractivity contribution in [1.29, 1.82) is 0 Å². The molecular weight excluding hydrogens is 470 g/mol. The molecule has 1 N–H and O–H groups in total. The molecule has 32 heavy (non-hydrogen) atoms. The maximum Gasteiger partial charge on any atom is 0.231 e. The summed E-state index contributed by atoms with van der Waals surface area (Å²) in [4.78, 5) is 0. The van der Waals surface area contributed by atoms with E-state index in [0.717, 1.165) is 49.3 Å². The molecule has 0 unspecified atom stereocenters. The van der Waals surface area contributed by atoms with E-state index in [9.17, 15) is 0 Å². The summed E-state index contributed by atoms with van der Waals surface area (Å²) in [5.41, 5.74) is 3.17. The summed E-state index contributed by atoms with van der Waals surface area (Å²) in [6.45, 7) is 1.56. The van der Waals surface area contributed by atoms with Gasteiger partial charge in [0.05, 0.1) is 6.61 Å². The molecule has 1 aliphatic heterocycles. The van der Waals surface area contributed by atoms with Gasteiger partial charge in [0.25, 0.3) is 0 Å². The van der Waals surface area contributed by atoms with E-state index in [-0.39, 0.29) is 13.6 Å². The lowest BCUT2D eigenvalue weighted by Crippen LogP contribution is -2.07. The van der Waals surface area contributed by atoms with E-state index in [4.69, 9.17) is 18.9 Å². The number of anilines is 1. The van der Waals surface area contributed by atoms with Crippen molar-refractivity contribution < 1.29 is 18.9 Å². The molecule has 5 nitrogen and oxygen atoms in total. The van der Waals surface area contributed by atoms with Crippen molar-refractivity contribution in [3.63, 3.8) is 0 Å². The third-order valence-corrected chi connectivity index (χ3v) is 5.77. The first kappa shape index (κ1) is 20.7. The molecule has 4 aromatic carbocycles. The molecule has 1 heterocycles. The van der Waals surface area contributed by atoms with Crippen LogP contribution in [0, 0.1) is 0 Å². The highest BCUT2D eigenvalue weighted by Crippen LogP contribution is 2.38. The third-order valence-electron chi connectivity index (χ3n) is 5.28. The molecule has 0 aromatic heterocycles. The molecule has 162 valence electrons. The molecule has 0 amide bonds. The molecule has 5 rings (SSSR count). The molecule has 0 aliphatic carbocycles. The molecule has 6 heteroatoms.